The van der Waals surface area contributed by atoms with Crippen LogP contribution in [0.15, 0.2) is 16.9 Å². The molecule has 0 radical (unpaired) electrons. The molecule has 1 unspecified atom stereocenters. The number of nitrogens with zero attached hydrogens (tertiary/aromatic N) is 2. The summed E-state index contributed by atoms with van der Waals surface area (Å²) in [6, 6.07) is 2.90. The number of fused-ring (bicyclic) bond motifs is 1. The SMILES string of the molecule is Cc1cc(N)c2c(=O)n(C3CCC(=O)CC3=O)c(C)nc2c1. The molecule has 2 N–H and O–H groups in total. The normalized spacial score (nSPS) is 18.9. The summed E-state index contributed by atoms with van der Waals surface area (Å²) in [6.07, 6.45) is 0.541. The van der Waals surface area contributed by atoms with E-state index in [1.807, 2.05) is 6.92 Å². The summed E-state index contributed by atoms with van der Waals surface area (Å²) in [6.45, 7) is 3.58. The first kappa shape index (κ1) is 14.4. The second-order valence-electron chi connectivity index (χ2n) is 5.82. The molecule has 1 saturated carbocycles. The van der Waals surface area contributed by atoms with Crippen LogP contribution in [0.3, 0.4) is 0 Å². The number of nitrogens with two attached hydrogens (primary N) is 1. The standard InChI is InChI=1S/C16H17N3O3/c1-8-5-11(17)15-12(6-8)18-9(2)19(16(15)22)13-4-3-10(20)7-14(13)21/h5-6,13H,3-4,7,17H2,1-2H3. The molecular formula is C16H17N3O3. The topological polar surface area (TPSA) is 95.0 Å². The number of benzene rings is 1. The van der Waals surface area contributed by atoms with Crippen molar-refractivity contribution in [3.63, 3.8) is 0 Å². The molecule has 0 spiro atoms. The highest BCUT2D eigenvalue weighted by Gasteiger charge is 2.30. The molecular weight excluding hydrogens is 282 g/mol. The molecule has 1 aromatic carbocycles. The molecule has 0 aliphatic heterocycles. The van der Waals surface area contributed by atoms with Gasteiger partial charge in [0.15, 0.2) is 5.78 Å². The van der Waals surface area contributed by atoms with E-state index in [4.69, 9.17) is 5.73 Å². The number of anilines is 1. The fourth-order valence-electron chi connectivity index (χ4n) is 3.11. The minimum absolute atomic E-state index is 0.0733. The molecule has 0 bridgehead atoms. The van der Waals surface area contributed by atoms with Gasteiger partial charge in [-0.25, -0.2) is 4.98 Å². The van der Waals surface area contributed by atoms with E-state index in [1.165, 1.54) is 4.57 Å². The number of carbonyl (C=O) groups is 2. The van der Waals surface area contributed by atoms with Gasteiger partial charge >= 0.3 is 0 Å². The van der Waals surface area contributed by atoms with Crippen LogP contribution in [0.2, 0.25) is 0 Å². The highest BCUT2D eigenvalue weighted by molar-refractivity contribution is 6.03. The Morgan fingerprint density at radius 3 is 2.64 bits per heavy atom. The first-order chi connectivity index (χ1) is 10.4. The lowest BCUT2D eigenvalue weighted by molar-refractivity contribution is -0.132. The smallest absolute Gasteiger partial charge is 0.264 e. The van der Waals surface area contributed by atoms with Crippen molar-refractivity contribution in [1.29, 1.82) is 0 Å². The van der Waals surface area contributed by atoms with E-state index >= 15 is 0 Å². The number of nitrogen functional groups attached to an aromatic ring is 1. The van der Waals surface area contributed by atoms with Gasteiger partial charge in [0.05, 0.1) is 23.4 Å². The number of rotatable bonds is 1. The van der Waals surface area contributed by atoms with Crippen molar-refractivity contribution in [2.24, 2.45) is 0 Å². The number of hydrogen-bond donors (Lipinski definition) is 1. The van der Waals surface area contributed by atoms with Crippen molar-refractivity contribution >= 4 is 28.2 Å². The summed E-state index contributed by atoms with van der Waals surface area (Å²) < 4.78 is 1.39. The van der Waals surface area contributed by atoms with Crippen LogP contribution in [0.5, 0.6) is 0 Å². The third-order valence-electron chi connectivity index (χ3n) is 4.11. The van der Waals surface area contributed by atoms with E-state index < -0.39 is 6.04 Å². The second kappa shape index (κ2) is 5.05. The molecule has 114 valence electrons. The molecule has 1 aliphatic carbocycles. The predicted octanol–water partition coefficient (Wildman–Crippen LogP) is 1.46. The van der Waals surface area contributed by atoms with Crippen LogP contribution in [0.1, 0.15) is 36.7 Å². The van der Waals surface area contributed by atoms with Crippen LogP contribution in [0.4, 0.5) is 5.69 Å². The predicted molar refractivity (Wildman–Crippen MR) is 82.8 cm³/mol. The van der Waals surface area contributed by atoms with Gasteiger partial charge in [-0.15, -0.1) is 0 Å². The van der Waals surface area contributed by atoms with E-state index in [2.05, 4.69) is 4.98 Å². The van der Waals surface area contributed by atoms with Gasteiger partial charge in [0, 0.05) is 12.1 Å². The Hall–Kier alpha value is -2.50. The first-order valence-corrected chi connectivity index (χ1v) is 7.22. The minimum atomic E-state index is -0.622. The van der Waals surface area contributed by atoms with E-state index in [0.29, 0.717) is 35.3 Å². The largest absolute Gasteiger partial charge is 0.398 e. The lowest BCUT2D eigenvalue weighted by Gasteiger charge is -2.24. The van der Waals surface area contributed by atoms with E-state index in [0.717, 1.165) is 5.56 Å². The molecule has 6 heteroatoms. The monoisotopic (exact) mass is 299 g/mol. The van der Waals surface area contributed by atoms with Crippen LogP contribution < -0.4 is 11.3 Å². The second-order valence-corrected chi connectivity index (χ2v) is 5.82. The third-order valence-corrected chi connectivity index (χ3v) is 4.11. The van der Waals surface area contributed by atoms with Gasteiger partial charge in [0.25, 0.3) is 5.56 Å². The molecule has 6 nitrogen and oxygen atoms in total. The summed E-state index contributed by atoms with van der Waals surface area (Å²) in [5.74, 6) is 0.166. The molecule has 3 rings (SSSR count). The summed E-state index contributed by atoms with van der Waals surface area (Å²) in [7, 11) is 0. The average Bonchev–Trinajstić information content (AvgIpc) is 2.39. The van der Waals surface area contributed by atoms with Gasteiger partial charge in [-0.05, 0) is 38.0 Å². The van der Waals surface area contributed by atoms with Gasteiger partial charge in [-0.2, -0.15) is 0 Å². The molecule has 2 aromatic rings. The Balaban J connectivity index is 2.25. The number of carbonyl (C=O) groups excluding carboxylic acids is 2. The van der Waals surface area contributed by atoms with E-state index in [1.54, 1.807) is 19.1 Å². The fourth-order valence-corrected chi connectivity index (χ4v) is 3.11. The van der Waals surface area contributed by atoms with Gasteiger partial charge in [0.1, 0.15) is 11.6 Å². The Bertz CT molecular complexity index is 867. The number of aromatic nitrogens is 2. The lowest BCUT2D eigenvalue weighted by Crippen LogP contribution is -2.36. The van der Waals surface area contributed by atoms with Crippen LogP contribution in [0, 0.1) is 13.8 Å². The summed E-state index contributed by atoms with van der Waals surface area (Å²) in [5, 5.41) is 0.334. The Morgan fingerprint density at radius 1 is 1.23 bits per heavy atom. The van der Waals surface area contributed by atoms with Crippen molar-refractivity contribution in [2.45, 2.75) is 39.2 Å². The molecule has 1 heterocycles. The first-order valence-electron chi connectivity index (χ1n) is 7.22. The highest BCUT2D eigenvalue weighted by Crippen LogP contribution is 2.25. The average molecular weight is 299 g/mol. The molecule has 1 aromatic heterocycles. The molecule has 22 heavy (non-hydrogen) atoms. The van der Waals surface area contributed by atoms with E-state index in [-0.39, 0.29) is 23.5 Å². The summed E-state index contributed by atoms with van der Waals surface area (Å²) in [4.78, 5) is 40.8. The molecule has 1 atom stereocenters. The van der Waals surface area contributed by atoms with Crippen molar-refractivity contribution in [2.75, 3.05) is 5.73 Å². The van der Waals surface area contributed by atoms with Gasteiger partial charge in [-0.1, -0.05) is 0 Å². The maximum absolute atomic E-state index is 12.8. The Kier molecular flexibility index (Phi) is 3.31. The van der Waals surface area contributed by atoms with Gasteiger partial charge < -0.3 is 5.73 Å². The van der Waals surface area contributed by atoms with Gasteiger partial charge in [-0.3, -0.25) is 19.0 Å². The molecule has 0 amide bonds. The van der Waals surface area contributed by atoms with Crippen LogP contribution >= 0.6 is 0 Å². The molecule has 1 aliphatic rings. The van der Waals surface area contributed by atoms with Crippen molar-refractivity contribution < 1.29 is 9.59 Å². The Morgan fingerprint density at radius 2 is 1.95 bits per heavy atom. The zero-order valence-corrected chi connectivity index (χ0v) is 12.5. The maximum atomic E-state index is 12.8. The number of aryl methyl sites for hydroxylation is 2. The van der Waals surface area contributed by atoms with Crippen molar-refractivity contribution in [1.82, 2.24) is 9.55 Å². The zero-order chi connectivity index (χ0) is 16.0. The summed E-state index contributed by atoms with van der Waals surface area (Å²) >= 11 is 0. The number of Topliss-reactive ketones (excluding diaryl/α,β-unsaturated/α-hetero) is 2. The summed E-state index contributed by atoms with van der Waals surface area (Å²) in [5.41, 5.74) is 7.48. The maximum Gasteiger partial charge on any atom is 0.264 e. The molecule has 1 fully saturated rings. The number of ketones is 2. The number of hydrogen-bond acceptors (Lipinski definition) is 5. The van der Waals surface area contributed by atoms with Crippen LogP contribution in [-0.2, 0) is 9.59 Å². The molecule has 0 saturated heterocycles. The fraction of sp³-hybridized carbons (Fsp3) is 0.375. The highest BCUT2D eigenvalue weighted by atomic mass is 16.2. The zero-order valence-electron chi connectivity index (χ0n) is 12.5. The van der Waals surface area contributed by atoms with Crippen LogP contribution in [0.25, 0.3) is 10.9 Å². The Labute approximate surface area is 127 Å². The van der Waals surface area contributed by atoms with Gasteiger partial charge in [0.2, 0.25) is 0 Å². The van der Waals surface area contributed by atoms with Crippen LogP contribution in [-0.4, -0.2) is 21.1 Å². The third kappa shape index (κ3) is 2.20. The van der Waals surface area contributed by atoms with Crippen molar-refractivity contribution in [3.8, 4) is 0 Å². The van der Waals surface area contributed by atoms with Crippen molar-refractivity contribution in [3.05, 3.63) is 33.9 Å². The lowest BCUT2D eigenvalue weighted by atomic mass is 9.92. The van der Waals surface area contributed by atoms with E-state index in [9.17, 15) is 14.4 Å². The minimum Gasteiger partial charge on any atom is -0.398 e. The quantitative estimate of drug-likeness (QED) is 0.635.